The Bertz CT molecular complexity index is 309. The van der Waals surface area contributed by atoms with Crippen molar-refractivity contribution in [2.45, 2.75) is 45.3 Å². The Balaban J connectivity index is 2.07. The van der Waals surface area contributed by atoms with Gasteiger partial charge in [-0.1, -0.05) is 26.0 Å². The molecule has 0 aromatic carbocycles. The quantitative estimate of drug-likeness (QED) is 0.591. The van der Waals surface area contributed by atoms with Crippen LogP contribution >= 0.6 is 0 Å². The zero-order valence-corrected chi connectivity index (χ0v) is 10.6. The monoisotopic (exact) mass is 238 g/mol. The molecule has 17 heavy (non-hydrogen) atoms. The molecule has 2 rings (SSSR count). The van der Waals surface area contributed by atoms with Crippen molar-refractivity contribution >= 4 is 5.78 Å². The van der Waals surface area contributed by atoms with Crippen LogP contribution in [0.4, 0.5) is 0 Å². The first-order valence-electron chi connectivity index (χ1n) is 6.59. The van der Waals surface area contributed by atoms with E-state index in [2.05, 4.69) is 26.0 Å². The van der Waals surface area contributed by atoms with Crippen molar-refractivity contribution < 1.29 is 14.6 Å². The van der Waals surface area contributed by atoms with Crippen LogP contribution in [-0.2, 0) is 9.53 Å². The molecule has 1 N–H and O–H groups in total. The minimum Gasteiger partial charge on any atom is -0.396 e. The fourth-order valence-corrected chi connectivity index (χ4v) is 2.52. The molecule has 3 heteroatoms. The molecule has 0 aromatic rings. The lowest BCUT2D eigenvalue weighted by molar-refractivity contribution is -0.120. The zero-order chi connectivity index (χ0) is 12.4. The van der Waals surface area contributed by atoms with Gasteiger partial charge in [-0.3, -0.25) is 4.79 Å². The van der Waals surface area contributed by atoms with Gasteiger partial charge in [0, 0.05) is 18.9 Å². The summed E-state index contributed by atoms with van der Waals surface area (Å²) in [6.07, 6.45) is 6.47. The minimum absolute atomic E-state index is 0.0555. The molecule has 0 radical (unpaired) electrons. The smallest absolute Gasteiger partial charge is 0.164 e. The van der Waals surface area contributed by atoms with Crippen LogP contribution in [0.5, 0.6) is 0 Å². The number of rotatable bonds is 2. The topological polar surface area (TPSA) is 49.8 Å². The minimum atomic E-state index is -0.177. The van der Waals surface area contributed by atoms with Gasteiger partial charge in [0.15, 0.2) is 5.78 Å². The number of hydrogen-bond donors (Lipinski definition) is 1. The first-order valence-corrected chi connectivity index (χ1v) is 6.59. The van der Waals surface area contributed by atoms with Crippen molar-refractivity contribution in [2.24, 2.45) is 17.8 Å². The van der Waals surface area contributed by atoms with Crippen molar-refractivity contribution in [3.05, 3.63) is 12.2 Å². The van der Waals surface area contributed by atoms with Crippen LogP contribution in [0, 0.1) is 17.8 Å². The second-order valence-electron chi connectivity index (χ2n) is 5.57. The lowest BCUT2D eigenvalue weighted by Crippen LogP contribution is -2.18. The average molecular weight is 238 g/mol. The van der Waals surface area contributed by atoms with Crippen LogP contribution in [0.1, 0.15) is 33.1 Å². The van der Waals surface area contributed by atoms with Crippen molar-refractivity contribution in [1.29, 1.82) is 0 Å². The van der Waals surface area contributed by atoms with Crippen molar-refractivity contribution in [1.82, 2.24) is 0 Å². The molecular weight excluding hydrogens is 216 g/mol. The van der Waals surface area contributed by atoms with Crippen LogP contribution < -0.4 is 0 Å². The van der Waals surface area contributed by atoms with Gasteiger partial charge in [0.25, 0.3) is 0 Å². The molecule has 3 nitrogen and oxygen atoms in total. The van der Waals surface area contributed by atoms with Crippen LogP contribution in [-0.4, -0.2) is 29.7 Å². The van der Waals surface area contributed by atoms with E-state index in [-0.39, 0.29) is 30.5 Å². The van der Waals surface area contributed by atoms with Gasteiger partial charge in [-0.25, -0.2) is 0 Å². The lowest BCUT2D eigenvalue weighted by atomic mass is 9.86. The third kappa shape index (κ3) is 3.17. The van der Waals surface area contributed by atoms with E-state index in [9.17, 15) is 9.90 Å². The van der Waals surface area contributed by atoms with Gasteiger partial charge >= 0.3 is 0 Å². The number of hydrogen-bond acceptors (Lipinski definition) is 3. The first kappa shape index (κ1) is 12.8. The zero-order valence-electron chi connectivity index (χ0n) is 10.6. The number of aliphatic hydroxyl groups is 1. The number of allylic oxidation sites excluding steroid dienone is 1. The molecule has 0 spiro atoms. The molecular formula is C14H22O3. The van der Waals surface area contributed by atoms with E-state index < -0.39 is 0 Å². The second kappa shape index (κ2) is 5.32. The summed E-state index contributed by atoms with van der Waals surface area (Å²) >= 11 is 0. The Morgan fingerprint density at radius 3 is 2.88 bits per heavy atom. The number of fused-ring (bicyclic) bond motifs is 1. The molecule has 0 bridgehead atoms. The number of ether oxygens (including phenoxy) is 1. The van der Waals surface area contributed by atoms with E-state index in [1.807, 2.05) is 0 Å². The number of epoxide rings is 1. The van der Waals surface area contributed by atoms with E-state index in [1.165, 1.54) is 0 Å². The van der Waals surface area contributed by atoms with Crippen LogP contribution in [0.2, 0.25) is 0 Å². The summed E-state index contributed by atoms with van der Waals surface area (Å²) in [5, 5.41) is 9.31. The van der Waals surface area contributed by atoms with E-state index in [1.54, 1.807) is 0 Å². The summed E-state index contributed by atoms with van der Waals surface area (Å²) < 4.78 is 5.39. The summed E-state index contributed by atoms with van der Waals surface area (Å²) in [7, 11) is 0. The highest BCUT2D eigenvalue weighted by molar-refractivity contribution is 5.85. The molecule has 1 heterocycles. The summed E-state index contributed by atoms with van der Waals surface area (Å²) in [5.74, 6) is 1.35. The number of ketones is 1. The summed E-state index contributed by atoms with van der Waals surface area (Å²) in [4.78, 5) is 11.8. The van der Waals surface area contributed by atoms with Gasteiger partial charge in [0.2, 0.25) is 0 Å². The highest BCUT2D eigenvalue weighted by Gasteiger charge is 2.45. The van der Waals surface area contributed by atoms with Crippen molar-refractivity contribution in [2.75, 3.05) is 6.61 Å². The summed E-state index contributed by atoms with van der Waals surface area (Å²) in [6, 6.07) is 0. The van der Waals surface area contributed by atoms with E-state index in [0.717, 1.165) is 12.8 Å². The van der Waals surface area contributed by atoms with Crippen LogP contribution in [0.15, 0.2) is 12.2 Å². The summed E-state index contributed by atoms with van der Waals surface area (Å²) in [5.41, 5.74) is 0. The van der Waals surface area contributed by atoms with Crippen LogP contribution in [0.3, 0.4) is 0 Å². The molecule has 0 amide bonds. The predicted octanol–water partition coefficient (Wildman–Crippen LogP) is 1.94. The lowest BCUT2D eigenvalue weighted by Gasteiger charge is -2.18. The molecule has 4 unspecified atom stereocenters. The van der Waals surface area contributed by atoms with Crippen molar-refractivity contribution in [3.63, 3.8) is 0 Å². The Morgan fingerprint density at radius 2 is 2.24 bits per heavy atom. The predicted molar refractivity (Wildman–Crippen MR) is 65.6 cm³/mol. The Kier molecular flexibility index (Phi) is 4.00. The van der Waals surface area contributed by atoms with E-state index in [4.69, 9.17) is 4.74 Å². The van der Waals surface area contributed by atoms with Crippen LogP contribution in [0.25, 0.3) is 0 Å². The average Bonchev–Trinajstić information content (AvgIpc) is 3.05. The number of aliphatic hydroxyl groups excluding tert-OH is 1. The Hall–Kier alpha value is -0.670. The normalized spacial score (nSPS) is 38.0. The third-order valence-corrected chi connectivity index (χ3v) is 3.88. The summed E-state index contributed by atoms with van der Waals surface area (Å²) in [6.45, 7) is 4.49. The largest absolute Gasteiger partial charge is 0.396 e. The molecule has 1 aliphatic carbocycles. The van der Waals surface area contributed by atoms with Gasteiger partial charge in [0.1, 0.15) is 6.10 Å². The maximum absolute atomic E-state index is 11.8. The first-order chi connectivity index (χ1) is 8.11. The van der Waals surface area contributed by atoms with Gasteiger partial charge in [-0.2, -0.15) is 0 Å². The molecule has 2 aliphatic rings. The molecule has 4 atom stereocenters. The maximum atomic E-state index is 11.8. The Morgan fingerprint density at radius 1 is 1.47 bits per heavy atom. The molecule has 0 saturated carbocycles. The SMILES string of the molecule is CC(C)C1C=CC(CO)CC2OC2C(=O)CC1. The second-order valence-corrected chi connectivity index (χ2v) is 5.57. The fraction of sp³-hybridized carbons (Fsp3) is 0.786. The standard InChI is InChI=1S/C14H22O3/c1-9(2)11-4-3-10(8-15)7-13-14(17-13)12(16)6-5-11/h3-4,9-11,13-15H,5-8H2,1-2H3. The highest BCUT2D eigenvalue weighted by Crippen LogP contribution is 2.33. The van der Waals surface area contributed by atoms with Gasteiger partial charge in [-0.15, -0.1) is 0 Å². The van der Waals surface area contributed by atoms with Crippen molar-refractivity contribution in [3.8, 4) is 0 Å². The molecule has 1 fully saturated rings. The van der Waals surface area contributed by atoms with Gasteiger partial charge in [-0.05, 0) is 24.7 Å². The molecule has 96 valence electrons. The van der Waals surface area contributed by atoms with E-state index >= 15 is 0 Å². The number of carbonyl (C=O) groups is 1. The van der Waals surface area contributed by atoms with Gasteiger partial charge < -0.3 is 9.84 Å². The number of Topliss-reactive ketones (excluding diaryl/α,β-unsaturated/α-hetero) is 1. The maximum Gasteiger partial charge on any atom is 0.164 e. The molecule has 1 aliphatic heterocycles. The highest BCUT2D eigenvalue weighted by atomic mass is 16.6. The molecule has 0 aromatic heterocycles. The molecule has 1 saturated heterocycles. The fourth-order valence-electron chi connectivity index (χ4n) is 2.52. The van der Waals surface area contributed by atoms with Gasteiger partial charge in [0.05, 0.1) is 6.10 Å². The Labute approximate surface area is 103 Å². The number of carbonyl (C=O) groups excluding carboxylic acids is 1. The third-order valence-electron chi connectivity index (χ3n) is 3.88. The van der Waals surface area contributed by atoms with E-state index in [0.29, 0.717) is 18.3 Å².